The number of esters is 1. The normalized spacial score (nSPS) is 14.9. The Bertz CT molecular complexity index is 1380. The van der Waals surface area contributed by atoms with E-state index in [4.69, 9.17) is 9.47 Å². The van der Waals surface area contributed by atoms with Gasteiger partial charge in [-0.3, -0.25) is 9.59 Å². The minimum Gasteiger partial charge on any atom is -0.508 e. The van der Waals surface area contributed by atoms with Gasteiger partial charge in [-0.1, -0.05) is 82.6 Å². The zero-order valence-corrected chi connectivity index (χ0v) is 31.3. The van der Waals surface area contributed by atoms with Gasteiger partial charge in [-0.15, -0.1) is 0 Å². The number of nitrogens with zero attached hydrogens (tertiary/aromatic N) is 1. The van der Waals surface area contributed by atoms with Gasteiger partial charge in [0.05, 0.1) is 0 Å². The number of nitrogens with one attached hydrogen (secondary N) is 2. The summed E-state index contributed by atoms with van der Waals surface area (Å²) in [7, 11) is 0. The first-order valence-corrected chi connectivity index (χ1v) is 17.4. The van der Waals surface area contributed by atoms with E-state index in [0.29, 0.717) is 18.8 Å². The Balaban J connectivity index is 2.74. The zero-order valence-electron chi connectivity index (χ0n) is 31.3. The smallest absolute Gasteiger partial charge is 0.408 e. The number of rotatable bonds is 15. The molecule has 2 rings (SSSR count). The summed E-state index contributed by atoms with van der Waals surface area (Å²) in [4.78, 5) is 57.7. The van der Waals surface area contributed by atoms with Gasteiger partial charge < -0.3 is 30.1 Å². The predicted molar refractivity (Wildman–Crippen MR) is 192 cm³/mol. The highest BCUT2D eigenvalue weighted by Gasteiger charge is 2.42. The van der Waals surface area contributed by atoms with Crippen molar-refractivity contribution in [3.05, 3.63) is 65.7 Å². The van der Waals surface area contributed by atoms with Crippen molar-refractivity contribution in [1.82, 2.24) is 15.5 Å². The molecule has 0 bridgehead atoms. The Labute approximate surface area is 293 Å². The van der Waals surface area contributed by atoms with Gasteiger partial charge in [-0.2, -0.15) is 0 Å². The Kier molecular flexibility index (Phi) is 15.2. The van der Waals surface area contributed by atoms with Crippen LogP contribution in [0.5, 0.6) is 5.75 Å². The highest BCUT2D eigenvalue weighted by atomic mass is 16.6. The molecule has 0 aliphatic heterocycles. The number of phenols is 1. The van der Waals surface area contributed by atoms with Crippen LogP contribution in [0.25, 0.3) is 0 Å². The lowest BCUT2D eigenvalue weighted by molar-refractivity contribution is -0.159. The SMILES string of the molecule is CCC(C)C(NC(=O)OC(C)(C)C)C(=O)N(C(C)CCC(C)C)C(C(=O)NC(Cc1ccccc1)C(=O)OC(C)(C)C)c1ccccc1O. The van der Waals surface area contributed by atoms with E-state index in [-0.39, 0.29) is 23.7 Å². The van der Waals surface area contributed by atoms with E-state index in [1.54, 1.807) is 59.7 Å². The Morgan fingerprint density at radius 3 is 1.90 bits per heavy atom. The van der Waals surface area contributed by atoms with Gasteiger partial charge in [-0.05, 0) is 84.8 Å². The lowest BCUT2D eigenvalue weighted by atomic mass is 9.92. The number of phenolic OH excluding ortho intramolecular Hbond substituents is 1. The highest BCUT2D eigenvalue weighted by Crippen LogP contribution is 2.33. The summed E-state index contributed by atoms with van der Waals surface area (Å²) in [5, 5.41) is 16.8. The predicted octanol–water partition coefficient (Wildman–Crippen LogP) is 7.10. The molecule has 5 atom stereocenters. The van der Waals surface area contributed by atoms with Crippen LogP contribution in [-0.2, 0) is 30.3 Å². The van der Waals surface area contributed by atoms with Crippen LogP contribution >= 0.6 is 0 Å². The third-order valence-corrected chi connectivity index (χ3v) is 8.09. The van der Waals surface area contributed by atoms with Crippen LogP contribution in [-0.4, -0.2) is 63.2 Å². The Hall–Kier alpha value is -4.08. The number of hydrogen-bond acceptors (Lipinski definition) is 7. The Morgan fingerprint density at radius 2 is 1.37 bits per heavy atom. The molecule has 0 spiro atoms. The molecular weight excluding hydrogens is 622 g/mol. The number of hydrogen-bond donors (Lipinski definition) is 3. The summed E-state index contributed by atoms with van der Waals surface area (Å²) in [6, 6.07) is 11.6. The van der Waals surface area contributed by atoms with E-state index in [0.717, 1.165) is 12.0 Å². The lowest BCUT2D eigenvalue weighted by Crippen LogP contribution is -2.58. The van der Waals surface area contributed by atoms with Crippen molar-refractivity contribution < 1.29 is 33.8 Å². The van der Waals surface area contributed by atoms with Gasteiger partial charge in [0.25, 0.3) is 0 Å². The van der Waals surface area contributed by atoms with Crippen molar-refractivity contribution >= 4 is 23.9 Å². The van der Waals surface area contributed by atoms with E-state index in [1.807, 2.05) is 51.1 Å². The van der Waals surface area contributed by atoms with Gasteiger partial charge in [-0.25, -0.2) is 9.59 Å². The molecule has 0 heterocycles. The van der Waals surface area contributed by atoms with Crippen molar-refractivity contribution in [3.8, 4) is 5.75 Å². The minimum absolute atomic E-state index is 0.140. The topological polar surface area (TPSA) is 134 Å². The molecule has 3 N–H and O–H groups in total. The quantitative estimate of drug-likeness (QED) is 0.171. The number of aromatic hydroxyl groups is 1. The van der Waals surface area contributed by atoms with Crippen molar-refractivity contribution in [1.29, 1.82) is 0 Å². The van der Waals surface area contributed by atoms with Crippen LogP contribution in [0.1, 0.15) is 113 Å². The number of ether oxygens (including phenoxy) is 2. The average molecular weight is 682 g/mol. The molecule has 5 unspecified atom stereocenters. The molecule has 3 amide bonds. The van der Waals surface area contributed by atoms with Crippen molar-refractivity contribution in [2.75, 3.05) is 0 Å². The average Bonchev–Trinajstić information content (AvgIpc) is 2.99. The van der Waals surface area contributed by atoms with Gasteiger partial charge in [0.1, 0.15) is 35.1 Å². The molecule has 2 aromatic rings. The first kappa shape index (κ1) is 41.1. The van der Waals surface area contributed by atoms with Gasteiger partial charge >= 0.3 is 12.1 Å². The lowest BCUT2D eigenvalue weighted by Gasteiger charge is -2.40. The molecule has 0 fully saturated rings. The molecule has 0 aliphatic carbocycles. The summed E-state index contributed by atoms with van der Waals surface area (Å²) < 4.78 is 11.3. The zero-order chi connectivity index (χ0) is 37.1. The number of carbonyl (C=O) groups is 4. The van der Waals surface area contributed by atoms with Crippen LogP contribution in [0.2, 0.25) is 0 Å². The summed E-state index contributed by atoms with van der Waals surface area (Å²) in [6.45, 7) is 20.2. The monoisotopic (exact) mass is 681 g/mol. The molecule has 0 radical (unpaired) electrons. The summed E-state index contributed by atoms with van der Waals surface area (Å²) in [6.07, 6.45) is 1.23. The van der Waals surface area contributed by atoms with Crippen LogP contribution in [0.3, 0.4) is 0 Å². The second-order valence-corrected chi connectivity index (χ2v) is 15.3. The Morgan fingerprint density at radius 1 is 0.796 bits per heavy atom. The van der Waals surface area contributed by atoms with E-state index in [2.05, 4.69) is 24.5 Å². The van der Waals surface area contributed by atoms with Crippen LogP contribution in [0, 0.1) is 11.8 Å². The fourth-order valence-electron chi connectivity index (χ4n) is 5.39. The molecule has 272 valence electrons. The first-order valence-electron chi connectivity index (χ1n) is 17.4. The number of para-hydroxylation sites is 1. The summed E-state index contributed by atoms with van der Waals surface area (Å²) >= 11 is 0. The highest BCUT2D eigenvalue weighted by molar-refractivity contribution is 5.94. The van der Waals surface area contributed by atoms with E-state index < -0.39 is 59.2 Å². The largest absolute Gasteiger partial charge is 0.508 e. The number of carbonyl (C=O) groups excluding carboxylic acids is 4. The second-order valence-electron chi connectivity index (χ2n) is 15.3. The van der Waals surface area contributed by atoms with Crippen molar-refractivity contribution in [2.45, 2.75) is 137 Å². The van der Waals surface area contributed by atoms with Crippen molar-refractivity contribution in [2.24, 2.45) is 11.8 Å². The van der Waals surface area contributed by atoms with Crippen LogP contribution in [0.15, 0.2) is 54.6 Å². The van der Waals surface area contributed by atoms with Gasteiger partial charge in [0, 0.05) is 18.0 Å². The van der Waals surface area contributed by atoms with E-state index >= 15 is 0 Å². The molecule has 0 saturated carbocycles. The number of amides is 3. The molecule has 49 heavy (non-hydrogen) atoms. The molecule has 2 aromatic carbocycles. The number of benzene rings is 2. The summed E-state index contributed by atoms with van der Waals surface area (Å²) in [5.41, 5.74) is -0.634. The summed E-state index contributed by atoms with van der Waals surface area (Å²) in [5.74, 6) is -2.01. The second kappa shape index (κ2) is 18.1. The standard InChI is InChI=1S/C39H59N3O7/c1-12-26(4)32(41-37(47)49-39(9,10)11)35(45)42(27(5)23-22-25(2)3)33(29-20-16-17-21-31(29)43)34(44)40-30(36(46)48-38(6,7)8)24-28-18-14-13-15-19-28/h13-21,25-27,30,32-33,43H,12,22-24H2,1-11H3,(H,40,44)(H,41,47). The van der Waals surface area contributed by atoms with Crippen LogP contribution in [0.4, 0.5) is 4.79 Å². The van der Waals surface area contributed by atoms with Crippen molar-refractivity contribution in [3.63, 3.8) is 0 Å². The molecule has 0 aliphatic rings. The third-order valence-electron chi connectivity index (χ3n) is 8.09. The molecule has 10 heteroatoms. The maximum absolute atomic E-state index is 14.9. The van der Waals surface area contributed by atoms with Crippen LogP contribution < -0.4 is 10.6 Å². The fourth-order valence-corrected chi connectivity index (χ4v) is 5.39. The van der Waals surface area contributed by atoms with Gasteiger partial charge in [0.15, 0.2) is 0 Å². The van der Waals surface area contributed by atoms with Gasteiger partial charge in [0.2, 0.25) is 11.8 Å². The van der Waals surface area contributed by atoms with E-state index in [9.17, 15) is 24.3 Å². The molecule has 0 aromatic heterocycles. The molecule has 0 saturated heterocycles. The third kappa shape index (κ3) is 13.4. The maximum Gasteiger partial charge on any atom is 0.408 e. The maximum atomic E-state index is 14.9. The molecular formula is C39H59N3O7. The number of alkyl carbamates (subject to hydrolysis) is 1. The first-order chi connectivity index (χ1) is 22.7. The fraction of sp³-hybridized carbons (Fsp3) is 0.590. The minimum atomic E-state index is -1.36. The molecule has 10 nitrogen and oxygen atoms in total. The van der Waals surface area contributed by atoms with E-state index in [1.165, 1.54) is 11.0 Å².